The Labute approximate surface area is 127 Å². The average molecular weight is 298 g/mol. The number of halogens is 1. The standard InChI is InChI=1S/C16H12ClN3O/c17-15-10-16(19-11-18-15)20-12-5-4-8-14(9-12)21-13-6-2-1-3-7-13/h1-11H,(H,18,19,20). The molecule has 0 fully saturated rings. The molecule has 0 spiro atoms. The van der Waals surface area contributed by atoms with E-state index in [2.05, 4.69) is 15.3 Å². The molecular formula is C16H12ClN3O. The fourth-order valence-corrected chi connectivity index (χ4v) is 1.96. The normalized spacial score (nSPS) is 10.1. The lowest BCUT2D eigenvalue weighted by atomic mass is 10.3. The molecule has 0 atom stereocenters. The van der Waals surface area contributed by atoms with Crippen LogP contribution in [0.25, 0.3) is 0 Å². The van der Waals surface area contributed by atoms with Gasteiger partial charge in [0.15, 0.2) is 0 Å². The van der Waals surface area contributed by atoms with Gasteiger partial charge in [-0.3, -0.25) is 0 Å². The summed E-state index contributed by atoms with van der Waals surface area (Å²) in [7, 11) is 0. The van der Waals surface area contributed by atoms with Crippen molar-refractivity contribution in [1.82, 2.24) is 9.97 Å². The highest BCUT2D eigenvalue weighted by atomic mass is 35.5. The zero-order valence-corrected chi connectivity index (χ0v) is 11.8. The average Bonchev–Trinajstić information content (AvgIpc) is 2.49. The Bertz CT molecular complexity index is 734. The summed E-state index contributed by atoms with van der Waals surface area (Å²) in [6.45, 7) is 0. The van der Waals surface area contributed by atoms with E-state index in [4.69, 9.17) is 16.3 Å². The highest BCUT2D eigenvalue weighted by Crippen LogP contribution is 2.25. The molecule has 5 heteroatoms. The highest BCUT2D eigenvalue weighted by molar-refractivity contribution is 6.29. The number of benzene rings is 2. The Kier molecular flexibility index (Phi) is 3.98. The minimum Gasteiger partial charge on any atom is -0.457 e. The summed E-state index contributed by atoms with van der Waals surface area (Å²) in [5.74, 6) is 2.16. The van der Waals surface area contributed by atoms with Crippen molar-refractivity contribution in [3.05, 3.63) is 72.1 Å². The van der Waals surface area contributed by atoms with E-state index in [1.807, 2.05) is 54.6 Å². The Hall–Kier alpha value is -2.59. The lowest BCUT2D eigenvalue weighted by Crippen LogP contribution is -1.94. The Morgan fingerprint density at radius 1 is 0.857 bits per heavy atom. The molecule has 0 saturated carbocycles. The fraction of sp³-hybridized carbons (Fsp3) is 0. The zero-order valence-electron chi connectivity index (χ0n) is 11.0. The number of hydrogen-bond acceptors (Lipinski definition) is 4. The molecule has 1 aromatic heterocycles. The van der Waals surface area contributed by atoms with Crippen LogP contribution in [0, 0.1) is 0 Å². The third-order valence-corrected chi connectivity index (χ3v) is 2.93. The topological polar surface area (TPSA) is 47.0 Å². The van der Waals surface area contributed by atoms with Crippen LogP contribution in [0.5, 0.6) is 11.5 Å². The molecule has 104 valence electrons. The van der Waals surface area contributed by atoms with E-state index in [0.717, 1.165) is 17.2 Å². The van der Waals surface area contributed by atoms with Crippen LogP contribution in [-0.4, -0.2) is 9.97 Å². The molecular weight excluding hydrogens is 286 g/mol. The van der Waals surface area contributed by atoms with Crippen molar-refractivity contribution in [2.75, 3.05) is 5.32 Å². The minimum atomic E-state index is 0.393. The summed E-state index contributed by atoms with van der Waals surface area (Å²) in [4.78, 5) is 7.95. The summed E-state index contributed by atoms with van der Waals surface area (Å²) < 4.78 is 5.78. The molecule has 0 aliphatic heterocycles. The molecule has 1 heterocycles. The first-order chi connectivity index (χ1) is 10.3. The minimum absolute atomic E-state index is 0.393. The van der Waals surface area contributed by atoms with E-state index in [1.54, 1.807) is 6.07 Å². The summed E-state index contributed by atoms with van der Waals surface area (Å²) in [6.07, 6.45) is 1.41. The van der Waals surface area contributed by atoms with Crippen LogP contribution in [-0.2, 0) is 0 Å². The van der Waals surface area contributed by atoms with Crippen LogP contribution in [0.1, 0.15) is 0 Å². The number of nitrogens with one attached hydrogen (secondary N) is 1. The largest absolute Gasteiger partial charge is 0.457 e. The number of para-hydroxylation sites is 1. The maximum absolute atomic E-state index is 5.83. The van der Waals surface area contributed by atoms with Gasteiger partial charge in [0.1, 0.15) is 28.8 Å². The summed E-state index contributed by atoms with van der Waals surface area (Å²) in [5.41, 5.74) is 0.859. The van der Waals surface area contributed by atoms with E-state index in [0.29, 0.717) is 11.0 Å². The molecule has 0 radical (unpaired) electrons. The van der Waals surface area contributed by atoms with Gasteiger partial charge in [-0.15, -0.1) is 0 Å². The van der Waals surface area contributed by atoms with Crippen molar-refractivity contribution >= 4 is 23.1 Å². The van der Waals surface area contributed by atoms with E-state index >= 15 is 0 Å². The van der Waals surface area contributed by atoms with Crippen LogP contribution in [0.4, 0.5) is 11.5 Å². The molecule has 0 saturated heterocycles. The first-order valence-corrected chi connectivity index (χ1v) is 6.75. The number of ether oxygens (including phenoxy) is 1. The number of anilines is 2. The molecule has 4 nitrogen and oxygen atoms in total. The first kappa shape index (κ1) is 13.4. The Morgan fingerprint density at radius 2 is 1.67 bits per heavy atom. The first-order valence-electron chi connectivity index (χ1n) is 6.37. The second-order valence-corrected chi connectivity index (χ2v) is 4.68. The van der Waals surface area contributed by atoms with Crippen molar-refractivity contribution in [3.63, 3.8) is 0 Å². The number of nitrogens with zero attached hydrogens (tertiary/aromatic N) is 2. The van der Waals surface area contributed by atoms with Crippen molar-refractivity contribution in [1.29, 1.82) is 0 Å². The SMILES string of the molecule is Clc1cc(Nc2cccc(Oc3ccccc3)c2)ncn1. The lowest BCUT2D eigenvalue weighted by Gasteiger charge is -2.09. The second kappa shape index (κ2) is 6.24. The van der Waals surface area contributed by atoms with Crippen molar-refractivity contribution in [2.24, 2.45) is 0 Å². The summed E-state index contributed by atoms with van der Waals surface area (Å²) in [6, 6.07) is 18.9. The lowest BCUT2D eigenvalue weighted by molar-refractivity contribution is 0.483. The van der Waals surface area contributed by atoms with Gasteiger partial charge >= 0.3 is 0 Å². The number of rotatable bonds is 4. The van der Waals surface area contributed by atoms with Crippen molar-refractivity contribution in [2.45, 2.75) is 0 Å². The molecule has 21 heavy (non-hydrogen) atoms. The zero-order chi connectivity index (χ0) is 14.5. The second-order valence-electron chi connectivity index (χ2n) is 4.29. The third-order valence-electron chi connectivity index (χ3n) is 2.72. The van der Waals surface area contributed by atoms with E-state index in [1.165, 1.54) is 6.33 Å². The highest BCUT2D eigenvalue weighted by Gasteiger charge is 2.01. The molecule has 1 N–H and O–H groups in total. The van der Waals surface area contributed by atoms with Crippen LogP contribution in [0.15, 0.2) is 67.0 Å². The van der Waals surface area contributed by atoms with Crippen molar-refractivity contribution in [3.8, 4) is 11.5 Å². The maximum Gasteiger partial charge on any atom is 0.135 e. The molecule has 2 aromatic carbocycles. The van der Waals surface area contributed by atoms with Gasteiger partial charge in [0.2, 0.25) is 0 Å². The van der Waals surface area contributed by atoms with Gasteiger partial charge < -0.3 is 10.1 Å². The smallest absolute Gasteiger partial charge is 0.135 e. The fourth-order valence-electron chi connectivity index (χ4n) is 1.81. The predicted molar refractivity (Wildman–Crippen MR) is 83.3 cm³/mol. The molecule has 0 amide bonds. The molecule has 0 aliphatic carbocycles. The number of hydrogen-bond donors (Lipinski definition) is 1. The van der Waals surface area contributed by atoms with Gasteiger partial charge in [0.25, 0.3) is 0 Å². The van der Waals surface area contributed by atoms with Crippen LogP contribution < -0.4 is 10.1 Å². The summed E-state index contributed by atoms with van der Waals surface area (Å²) >= 11 is 5.83. The third kappa shape index (κ3) is 3.70. The predicted octanol–water partition coefficient (Wildman–Crippen LogP) is 4.67. The molecule has 0 bridgehead atoms. The van der Waals surface area contributed by atoms with Gasteiger partial charge in [0, 0.05) is 17.8 Å². The van der Waals surface area contributed by atoms with Crippen LogP contribution in [0.3, 0.4) is 0 Å². The van der Waals surface area contributed by atoms with E-state index < -0.39 is 0 Å². The monoisotopic (exact) mass is 297 g/mol. The van der Waals surface area contributed by atoms with Gasteiger partial charge in [-0.2, -0.15) is 0 Å². The maximum atomic E-state index is 5.83. The quantitative estimate of drug-likeness (QED) is 0.711. The van der Waals surface area contributed by atoms with E-state index in [9.17, 15) is 0 Å². The van der Waals surface area contributed by atoms with Crippen molar-refractivity contribution < 1.29 is 4.74 Å². The van der Waals surface area contributed by atoms with Crippen LogP contribution in [0.2, 0.25) is 5.15 Å². The van der Waals surface area contributed by atoms with Crippen LogP contribution >= 0.6 is 11.6 Å². The van der Waals surface area contributed by atoms with E-state index in [-0.39, 0.29) is 0 Å². The number of aromatic nitrogens is 2. The molecule has 0 aliphatic rings. The molecule has 3 aromatic rings. The molecule has 3 rings (SSSR count). The van der Waals surface area contributed by atoms with Gasteiger partial charge in [-0.25, -0.2) is 9.97 Å². The Balaban J connectivity index is 1.77. The Morgan fingerprint density at radius 3 is 2.48 bits per heavy atom. The van der Waals surface area contributed by atoms with Gasteiger partial charge in [-0.05, 0) is 24.3 Å². The van der Waals surface area contributed by atoms with Gasteiger partial charge in [-0.1, -0.05) is 35.9 Å². The van der Waals surface area contributed by atoms with Gasteiger partial charge in [0.05, 0.1) is 0 Å². The molecule has 0 unspecified atom stereocenters. The summed E-state index contributed by atoms with van der Waals surface area (Å²) in [5, 5.41) is 3.55.